The minimum absolute atomic E-state index is 0.0506. The van der Waals surface area contributed by atoms with Crippen molar-refractivity contribution in [3.05, 3.63) is 0 Å². The Morgan fingerprint density at radius 3 is 2.88 bits per heavy atom. The minimum atomic E-state index is 0.0506. The summed E-state index contributed by atoms with van der Waals surface area (Å²) >= 11 is 0. The Bertz CT molecular complexity index is 104. The number of hydrogen-bond acceptors (Lipinski definition) is 2. The van der Waals surface area contributed by atoms with Gasteiger partial charge < -0.3 is 4.79 Å². The lowest BCUT2D eigenvalue weighted by molar-refractivity contribution is -0.110. The van der Waals surface area contributed by atoms with Crippen LogP contribution in [0.3, 0.4) is 0 Å². The molecular formula is C6H9NO. The second-order valence-corrected chi connectivity index (χ2v) is 1.81. The Morgan fingerprint density at radius 1 is 1.88 bits per heavy atom. The van der Waals surface area contributed by atoms with Crippen molar-refractivity contribution >= 4 is 6.29 Å². The molecule has 0 saturated carbocycles. The van der Waals surface area contributed by atoms with Crippen LogP contribution in [0, 0.1) is 17.2 Å². The van der Waals surface area contributed by atoms with E-state index in [4.69, 9.17) is 5.26 Å². The fraction of sp³-hybridized carbons (Fsp3) is 0.667. The monoisotopic (exact) mass is 111 g/mol. The highest BCUT2D eigenvalue weighted by molar-refractivity contribution is 5.52. The van der Waals surface area contributed by atoms with E-state index in [1.807, 2.05) is 13.0 Å². The zero-order valence-corrected chi connectivity index (χ0v) is 4.92. The molecule has 8 heavy (non-hydrogen) atoms. The molecular weight excluding hydrogens is 102 g/mol. The summed E-state index contributed by atoms with van der Waals surface area (Å²) in [5.74, 6) is 0.0506. The lowest BCUT2D eigenvalue weighted by Gasteiger charge is -1.93. The van der Waals surface area contributed by atoms with E-state index in [-0.39, 0.29) is 5.92 Å². The van der Waals surface area contributed by atoms with Crippen LogP contribution in [0.25, 0.3) is 0 Å². The van der Waals surface area contributed by atoms with Crippen LogP contribution in [0.2, 0.25) is 0 Å². The third kappa shape index (κ3) is 3.35. The lowest BCUT2D eigenvalue weighted by atomic mass is 10.1. The predicted molar refractivity (Wildman–Crippen MR) is 30.1 cm³/mol. The molecule has 0 amide bonds. The van der Waals surface area contributed by atoms with E-state index < -0.39 is 0 Å². The first-order chi connectivity index (χ1) is 3.81. The van der Waals surface area contributed by atoms with Crippen LogP contribution in [0.4, 0.5) is 0 Å². The van der Waals surface area contributed by atoms with Crippen molar-refractivity contribution in [3.8, 4) is 6.07 Å². The molecule has 0 aliphatic heterocycles. The molecule has 0 aromatic rings. The van der Waals surface area contributed by atoms with Crippen molar-refractivity contribution in [2.45, 2.75) is 19.8 Å². The number of hydrogen-bond donors (Lipinski definition) is 0. The number of rotatable bonds is 3. The fourth-order valence-electron chi connectivity index (χ4n) is 0.360. The highest BCUT2D eigenvalue weighted by Crippen LogP contribution is 1.98. The molecule has 0 aliphatic rings. The molecule has 0 aliphatic carbocycles. The van der Waals surface area contributed by atoms with Crippen LogP contribution in [0.1, 0.15) is 19.8 Å². The summed E-state index contributed by atoms with van der Waals surface area (Å²) in [6.45, 7) is 1.81. The largest absolute Gasteiger partial charge is 0.303 e. The van der Waals surface area contributed by atoms with E-state index in [0.29, 0.717) is 12.8 Å². The second-order valence-electron chi connectivity index (χ2n) is 1.81. The van der Waals surface area contributed by atoms with Crippen molar-refractivity contribution < 1.29 is 4.79 Å². The first-order valence-corrected chi connectivity index (χ1v) is 2.63. The Morgan fingerprint density at radius 2 is 2.50 bits per heavy atom. The molecule has 2 heteroatoms. The van der Waals surface area contributed by atoms with Crippen molar-refractivity contribution in [1.29, 1.82) is 5.26 Å². The van der Waals surface area contributed by atoms with Crippen molar-refractivity contribution in [1.82, 2.24) is 0 Å². The van der Waals surface area contributed by atoms with Crippen molar-refractivity contribution in [3.63, 3.8) is 0 Å². The van der Waals surface area contributed by atoms with Gasteiger partial charge in [0.05, 0.1) is 6.07 Å². The molecule has 2 nitrogen and oxygen atoms in total. The summed E-state index contributed by atoms with van der Waals surface area (Å²) in [4.78, 5) is 9.90. The van der Waals surface area contributed by atoms with Gasteiger partial charge in [0.25, 0.3) is 0 Å². The summed E-state index contributed by atoms with van der Waals surface area (Å²) in [5, 5.41) is 8.04. The van der Waals surface area contributed by atoms with E-state index in [1.165, 1.54) is 0 Å². The molecule has 0 N–H and O–H groups in total. The smallest absolute Gasteiger partial charge is 0.122 e. The highest BCUT2D eigenvalue weighted by Gasteiger charge is 1.95. The van der Waals surface area contributed by atoms with Gasteiger partial charge in [0.2, 0.25) is 0 Å². The third-order valence-electron chi connectivity index (χ3n) is 0.944. The summed E-state index contributed by atoms with van der Waals surface area (Å²) in [6, 6.07) is 1.97. The van der Waals surface area contributed by atoms with Gasteiger partial charge in [0, 0.05) is 12.3 Å². The molecule has 44 valence electrons. The fourth-order valence-corrected chi connectivity index (χ4v) is 0.360. The zero-order chi connectivity index (χ0) is 6.41. The minimum Gasteiger partial charge on any atom is -0.303 e. The number of carbonyl (C=O) groups excluding carboxylic acids is 1. The van der Waals surface area contributed by atoms with Crippen LogP contribution in [0.5, 0.6) is 0 Å². The Kier molecular flexibility index (Phi) is 3.87. The summed E-state index contributed by atoms with van der Waals surface area (Å²) in [5.41, 5.74) is 0. The molecule has 0 saturated heterocycles. The summed E-state index contributed by atoms with van der Waals surface area (Å²) in [6.07, 6.45) is 2.05. The van der Waals surface area contributed by atoms with E-state index in [0.717, 1.165) is 6.29 Å². The number of nitrogens with zero attached hydrogens (tertiary/aromatic N) is 1. The molecule has 0 bridgehead atoms. The van der Waals surface area contributed by atoms with Crippen LogP contribution >= 0.6 is 0 Å². The number of aldehydes is 1. The Hall–Kier alpha value is -0.840. The first-order valence-electron chi connectivity index (χ1n) is 2.63. The van der Waals surface area contributed by atoms with E-state index >= 15 is 0 Å². The topological polar surface area (TPSA) is 40.9 Å². The van der Waals surface area contributed by atoms with Crippen molar-refractivity contribution in [2.75, 3.05) is 0 Å². The van der Waals surface area contributed by atoms with Gasteiger partial charge in [0.1, 0.15) is 6.29 Å². The van der Waals surface area contributed by atoms with Crippen LogP contribution in [0.15, 0.2) is 0 Å². The molecule has 0 unspecified atom stereocenters. The Balaban J connectivity index is 3.13. The maximum atomic E-state index is 9.90. The first kappa shape index (κ1) is 7.16. The molecule has 0 heterocycles. The average molecular weight is 111 g/mol. The second kappa shape index (κ2) is 4.32. The van der Waals surface area contributed by atoms with Gasteiger partial charge in [-0.1, -0.05) is 6.92 Å². The van der Waals surface area contributed by atoms with Crippen molar-refractivity contribution in [2.24, 2.45) is 5.92 Å². The quantitative estimate of drug-likeness (QED) is 0.512. The van der Waals surface area contributed by atoms with Gasteiger partial charge in [-0.3, -0.25) is 0 Å². The zero-order valence-electron chi connectivity index (χ0n) is 4.92. The van der Waals surface area contributed by atoms with E-state index in [9.17, 15) is 4.79 Å². The van der Waals surface area contributed by atoms with Gasteiger partial charge in [-0.2, -0.15) is 5.26 Å². The maximum absolute atomic E-state index is 9.90. The predicted octanol–water partition coefficient (Wildman–Crippen LogP) is 1.13. The normalized spacial score (nSPS) is 12.0. The average Bonchev–Trinajstić information content (AvgIpc) is 1.83. The van der Waals surface area contributed by atoms with E-state index in [1.54, 1.807) is 0 Å². The molecule has 0 rings (SSSR count). The summed E-state index contributed by atoms with van der Waals surface area (Å²) < 4.78 is 0. The van der Waals surface area contributed by atoms with Crippen LogP contribution in [-0.2, 0) is 4.79 Å². The molecule has 1 atom stereocenters. The lowest BCUT2D eigenvalue weighted by Crippen LogP contribution is -1.93. The van der Waals surface area contributed by atoms with Crippen LogP contribution in [-0.4, -0.2) is 6.29 Å². The van der Waals surface area contributed by atoms with Gasteiger partial charge >= 0.3 is 0 Å². The molecule has 0 aromatic heterocycles. The van der Waals surface area contributed by atoms with E-state index in [2.05, 4.69) is 0 Å². The maximum Gasteiger partial charge on any atom is 0.122 e. The third-order valence-corrected chi connectivity index (χ3v) is 0.944. The number of carbonyl (C=O) groups is 1. The Labute approximate surface area is 49.1 Å². The molecule has 0 spiro atoms. The molecule has 0 fully saturated rings. The summed E-state index contributed by atoms with van der Waals surface area (Å²) in [7, 11) is 0. The van der Waals surface area contributed by atoms with Gasteiger partial charge in [-0.15, -0.1) is 0 Å². The standard InChI is InChI=1S/C6H9NO/c1-6(5-8)3-2-4-7/h5-6H,2-3H2,1H3/t6-/m1/s1. The van der Waals surface area contributed by atoms with Gasteiger partial charge in [-0.05, 0) is 6.42 Å². The molecule has 0 radical (unpaired) electrons. The number of nitriles is 1. The highest BCUT2D eigenvalue weighted by atomic mass is 16.1. The van der Waals surface area contributed by atoms with Crippen LogP contribution < -0.4 is 0 Å². The molecule has 0 aromatic carbocycles. The van der Waals surface area contributed by atoms with Gasteiger partial charge in [0.15, 0.2) is 0 Å². The SMILES string of the molecule is C[C@@H](C=O)CCC#N. The van der Waals surface area contributed by atoms with Gasteiger partial charge in [-0.25, -0.2) is 0 Å².